The Morgan fingerprint density at radius 3 is 2.58 bits per heavy atom. The third kappa shape index (κ3) is 3.60. The maximum absolute atomic E-state index is 13.0. The molecular weight excluding hydrogens is 363 g/mol. The average molecular weight is 372 g/mol. The first-order valence-corrected chi connectivity index (χ1v) is 7.83. The summed E-state index contributed by atoms with van der Waals surface area (Å²) in [5, 5.41) is 4.82. The van der Waals surface area contributed by atoms with Crippen molar-refractivity contribution in [2.75, 3.05) is 10.6 Å². The van der Waals surface area contributed by atoms with E-state index in [0.717, 1.165) is 16.8 Å². The van der Waals surface area contributed by atoms with Crippen LogP contribution in [0.25, 0.3) is 10.2 Å². The largest absolute Gasteiger partial charge is 0.418 e. The zero-order chi connectivity index (χ0) is 17.3. The Hall–Kier alpha value is -2.32. The van der Waals surface area contributed by atoms with Gasteiger partial charge in [0, 0.05) is 5.02 Å². The summed E-state index contributed by atoms with van der Waals surface area (Å²) in [7, 11) is 0. The van der Waals surface area contributed by atoms with Crippen LogP contribution < -0.4 is 10.6 Å². The first kappa shape index (κ1) is 16.5. The number of fused-ring (bicyclic) bond motifs is 1. The highest BCUT2D eigenvalue weighted by molar-refractivity contribution is 7.22. The van der Waals surface area contributed by atoms with Gasteiger partial charge >= 0.3 is 12.2 Å². The number of carbonyl (C=O) groups is 1. The van der Waals surface area contributed by atoms with Crippen molar-refractivity contribution in [3.05, 3.63) is 53.1 Å². The van der Waals surface area contributed by atoms with Crippen LogP contribution in [0.5, 0.6) is 0 Å². The number of para-hydroxylation sites is 1. The number of halogens is 4. The Kier molecular flexibility index (Phi) is 4.33. The summed E-state index contributed by atoms with van der Waals surface area (Å²) in [6, 6.07) is 9.54. The lowest BCUT2D eigenvalue weighted by Crippen LogP contribution is -2.21. The molecule has 4 nitrogen and oxygen atoms in total. The van der Waals surface area contributed by atoms with Crippen LogP contribution in [0.2, 0.25) is 5.02 Å². The molecule has 2 amide bonds. The summed E-state index contributed by atoms with van der Waals surface area (Å²) < 4.78 is 39.9. The van der Waals surface area contributed by atoms with Crippen molar-refractivity contribution in [2.45, 2.75) is 6.18 Å². The number of anilines is 2. The Morgan fingerprint density at radius 2 is 1.88 bits per heavy atom. The van der Waals surface area contributed by atoms with E-state index in [9.17, 15) is 18.0 Å². The fraction of sp³-hybridized carbons (Fsp3) is 0.0667. The number of nitrogens with zero attached hydrogens (tertiary/aromatic N) is 1. The normalized spacial score (nSPS) is 11.5. The highest BCUT2D eigenvalue weighted by Crippen LogP contribution is 2.36. The van der Waals surface area contributed by atoms with Crippen molar-refractivity contribution in [3.63, 3.8) is 0 Å². The van der Waals surface area contributed by atoms with Crippen molar-refractivity contribution in [1.82, 2.24) is 4.98 Å². The fourth-order valence-electron chi connectivity index (χ4n) is 2.04. The quantitative estimate of drug-likeness (QED) is 0.615. The molecule has 0 bridgehead atoms. The number of carbonyl (C=O) groups excluding carboxylic acids is 1. The van der Waals surface area contributed by atoms with Crippen LogP contribution >= 0.6 is 22.9 Å². The van der Waals surface area contributed by atoms with Crippen LogP contribution in [0.1, 0.15) is 5.56 Å². The lowest BCUT2D eigenvalue weighted by atomic mass is 10.1. The Labute approximate surface area is 143 Å². The zero-order valence-corrected chi connectivity index (χ0v) is 13.4. The van der Waals surface area contributed by atoms with E-state index in [0.29, 0.717) is 5.52 Å². The number of amides is 2. The molecule has 0 aliphatic heterocycles. The van der Waals surface area contributed by atoms with Crippen molar-refractivity contribution >= 4 is 50.0 Å². The second kappa shape index (κ2) is 6.29. The molecule has 0 unspecified atom stereocenters. The number of thiazole rings is 1. The Bertz CT molecular complexity index is 877. The molecule has 0 saturated heterocycles. The molecule has 0 fully saturated rings. The minimum atomic E-state index is -4.64. The molecule has 2 N–H and O–H groups in total. The van der Waals surface area contributed by atoms with E-state index < -0.39 is 17.8 Å². The van der Waals surface area contributed by atoms with E-state index in [1.165, 1.54) is 17.4 Å². The van der Waals surface area contributed by atoms with E-state index in [4.69, 9.17) is 11.6 Å². The maximum atomic E-state index is 13.0. The predicted octanol–water partition coefficient (Wildman–Crippen LogP) is 5.61. The molecule has 0 aliphatic carbocycles. The first-order chi connectivity index (χ1) is 11.3. The Morgan fingerprint density at radius 1 is 1.12 bits per heavy atom. The standard InChI is InChI=1S/C15H9ClF3N3OS/c16-8-5-6-10(9(7-8)15(17,18)19)20-13(23)22-14-21-11-3-1-2-4-12(11)24-14/h1-7H,(H2,20,21,22,23). The number of benzene rings is 2. The number of hydrogen-bond donors (Lipinski definition) is 2. The van der Waals surface area contributed by atoms with E-state index in [2.05, 4.69) is 15.6 Å². The number of rotatable bonds is 2. The summed E-state index contributed by atoms with van der Waals surface area (Å²) >= 11 is 6.82. The van der Waals surface area contributed by atoms with Crippen LogP contribution in [0, 0.1) is 0 Å². The average Bonchev–Trinajstić information content (AvgIpc) is 2.90. The van der Waals surface area contributed by atoms with Gasteiger partial charge in [-0.05, 0) is 30.3 Å². The van der Waals surface area contributed by atoms with Crippen molar-refractivity contribution in [2.24, 2.45) is 0 Å². The van der Waals surface area contributed by atoms with Gasteiger partial charge in [0.15, 0.2) is 5.13 Å². The topological polar surface area (TPSA) is 54.0 Å². The molecule has 1 heterocycles. The van der Waals surface area contributed by atoms with Crippen molar-refractivity contribution < 1.29 is 18.0 Å². The lowest BCUT2D eigenvalue weighted by Gasteiger charge is -2.14. The van der Waals surface area contributed by atoms with Gasteiger partial charge in [-0.3, -0.25) is 5.32 Å². The monoisotopic (exact) mass is 371 g/mol. The van der Waals surface area contributed by atoms with Gasteiger partial charge in [-0.15, -0.1) is 0 Å². The molecule has 0 aliphatic rings. The van der Waals surface area contributed by atoms with Crippen LogP contribution in [-0.2, 0) is 6.18 Å². The van der Waals surface area contributed by atoms with Crippen LogP contribution in [0.15, 0.2) is 42.5 Å². The van der Waals surface area contributed by atoms with Gasteiger partial charge in [0.2, 0.25) is 0 Å². The van der Waals surface area contributed by atoms with Gasteiger partial charge in [0.25, 0.3) is 0 Å². The molecule has 1 aromatic heterocycles. The number of urea groups is 1. The van der Waals surface area contributed by atoms with E-state index >= 15 is 0 Å². The van der Waals surface area contributed by atoms with Gasteiger partial charge in [-0.2, -0.15) is 13.2 Å². The molecule has 0 spiro atoms. The summed E-state index contributed by atoms with van der Waals surface area (Å²) in [6.45, 7) is 0. The minimum Gasteiger partial charge on any atom is -0.307 e. The SMILES string of the molecule is O=C(Nc1nc2ccccc2s1)Nc1ccc(Cl)cc1C(F)(F)F. The fourth-order valence-corrected chi connectivity index (χ4v) is 3.07. The van der Waals surface area contributed by atoms with E-state index in [-0.39, 0.29) is 15.8 Å². The summed E-state index contributed by atoms with van der Waals surface area (Å²) in [6.07, 6.45) is -4.64. The lowest BCUT2D eigenvalue weighted by molar-refractivity contribution is -0.136. The molecular formula is C15H9ClF3N3OS. The van der Waals surface area contributed by atoms with Gasteiger partial charge in [0.05, 0.1) is 21.5 Å². The molecule has 0 radical (unpaired) electrons. The molecule has 2 aromatic carbocycles. The van der Waals surface area contributed by atoms with Gasteiger partial charge < -0.3 is 5.32 Å². The van der Waals surface area contributed by atoms with Crippen molar-refractivity contribution in [3.8, 4) is 0 Å². The highest BCUT2D eigenvalue weighted by atomic mass is 35.5. The highest BCUT2D eigenvalue weighted by Gasteiger charge is 2.34. The first-order valence-electron chi connectivity index (χ1n) is 6.63. The number of alkyl halides is 3. The third-order valence-corrected chi connectivity index (χ3v) is 4.24. The number of hydrogen-bond acceptors (Lipinski definition) is 3. The second-order valence-corrected chi connectivity index (χ2v) is 6.22. The molecule has 3 rings (SSSR count). The molecule has 24 heavy (non-hydrogen) atoms. The van der Waals surface area contributed by atoms with Crippen LogP contribution in [0.3, 0.4) is 0 Å². The molecule has 0 saturated carbocycles. The summed E-state index contributed by atoms with van der Waals surface area (Å²) in [5.74, 6) is 0. The number of aromatic nitrogens is 1. The van der Waals surface area contributed by atoms with Gasteiger partial charge in [-0.1, -0.05) is 35.1 Å². The van der Waals surface area contributed by atoms with Gasteiger partial charge in [0.1, 0.15) is 0 Å². The molecule has 0 atom stereocenters. The molecule has 124 valence electrons. The predicted molar refractivity (Wildman–Crippen MR) is 88.7 cm³/mol. The smallest absolute Gasteiger partial charge is 0.307 e. The third-order valence-electron chi connectivity index (χ3n) is 3.05. The minimum absolute atomic E-state index is 0.0699. The van der Waals surface area contributed by atoms with E-state index in [1.54, 1.807) is 12.1 Å². The van der Waals surface area contributed by atoms with Crippen molar-refractivity contribution in [1.29, 1.82) is 0 Å². The zero-order valence-electron chi connectivity index (χ0n) is 11.8. The van der Waals surface area contributed by atoms with E-state index in [1.807, 2.05) is 12.1 Å². The Balaban J connectivity index is 1.80. The second-order valence-electron chi connectivity index (χ2n) is 4.75. The van der Waals surface area contributed by atoms with Crippen LogP contribution in [0.4, 0.5) is 28.8 Å². The summed E-state index contributed by atoms with van der Waals surface area (Å²) in [5.41, 5.74) is -0.708. The molecule has 9 heteroatoms. The maximum Gasteiger partial charge on any atom is 0.418 e. The number of nitrogens with one attached hydrogen (secondary N) is 2. The summed E-state index contributed by atoms with van der Waals surface area (Å²) in [4.78, 5) is 16.1. The van der Waals surface area contributed by atoms with Crippen LogP contribution in [-0.4, -0.2) is 11.0 Å². The molecule has 3 aromatic rings. The van der Waals surface area contributed by atoms with Gasteiger partial charge in [-0.25, -0.2) is 9.78 Å².